The maximum atomic E-state index is 12.5. The van der Waals surface area contributed by atoms with Crippen molar-refractivity contribution >= 4 is 11.9 Å². The van der Waals surface area contributed by atoms with E-state index in [2.05, 4.69) is 0 Å². The number of allylic oxidation sites excluding steroid dienone is 2. The number of piperidine rings is 1. The number of carbonyl (C=O) groups excluding carboxylic acids is 2. The predicted octanol–water partition coefficient (Wildman–Crippen LogP) is 3.05. The Hall–Kier alpha value is -2.10. The highest BCUT2D eigenvalue weighted by atomic mass is 16.5. The summed E-state index contributed by atoms with van der Waals surface area (Å²) < 4.78 is 5.48. The van der Waals surface area contributed by atoms with Crippen LogP contribution in [0.25, 0.3) is 0 Å². The van der Waals surface area contributed by atoms with Crippen LogP contribution >= 0.6 is 0 Å². The number of carbonyl (C=O) groups is 2. The first-order chi connectivity index (χ1) is 11.2. The Morgan fingerprint density at radius 3 is 2.61 bits per heavy atom. The van der Waals surface area contributed by atoms with Crippen molar-refractivity contribution in [3.8, 4) is 0 Å². The Labute approximate surface area is 137 Å². The van der Waals surface area contributed by atoms with Crippen molar-refractivity contribution in [1.82, 2.24) is 4.90 Å². The molecule has 0 unspecified atom stereocenters. The van der Waals surface area contributed by atoms with Crippen LogP contribution in [-0.2, 0) is 9.53 Å². The van der Waals surface area contributed by atoms with Crippen LogP contribution in [0.4, 0.5) is 0 Å². The van der Waals surface area contributed by atoms with Crippen molar-refractivity contribution in [2.75, 3.05) is 19.7 Å². The molecule has 0 saturated carbocycles. The number of rotatable bonds is 4. The van der Waals surface area contributed by atoms with Gasteiger partial charge in [-0.3, -0.25) is 9.59 Å². The van der Waals surface area contributed by atoms with Crippen molar-refractivity contribution < 1.29 is 14.3 Å². The topological polar surface area (TPSA) is 46.6 Å². The van der Waals surface area contributed by atoms with Gasteiger partial charge in [0.15, 0.2) is 0 Å². The van der Waals surface area contributed by atoms with E-state index in [4.69, 9.17) is 4.74 Å². The van der Waals surface area contributed by atoms with E-state index in [1.54, 1.807) is 0 Å². The summed E-state index contributed by atoms with van der Waals surface area (Å²) in [5.74, 6) is 0.221. The van der Waals surface area contributed by atoms with E-state index >= 15 is 0 Å². The largest absolute Gasteiger partial charge is 0.465 e. The van der Waals surface area contributed by atoms with Crippen molar-refractivity contribution in [3.63, 3.8) is 0 Å². The normalized spacial score (nSPS) is 21.4. The molecule has 1 amide bonds. The van der Waals surface area contributed by atoms with E-state index in [1.165, 1.54) is 0 Å². The predicted molar refractivity (Wildman–Crippen MR) is 87.9 cm³/mol. The number of hydrogen-bond donors (Lipinski definition) is 0. The average molecular weight is 313 g/mol. The zero-order valence-corrected chi connectivity index (χ0v) is 13.3. The molecule has 122 valence electrons. The fourth-order valence-corrected chi connectivity index (χ4v) is 3.28. The standard InChI is InChI=1S/C19H23NO3/c21-18(16-8-2-1-3-9-16)20-12-6-7-15(13-20)14-23-19(22)17-10-4-5-11-17/h1-5,8-9,15,17H,6-7,10-14H2/t15-/m0/s1. The monoisotopic (exact) mass is 313 g/mol. The smallest absolute Gasteiger partial charge is 0.309 e. The van der Waals surface area contributed by atoms with Crippen LogP contribution in [0.3, 0.4) is 0 Å². The lowest BCUT2D eigenvalue weighted by atomic mass is 9.98. The van der Waals surface area contributed by atoms with Gasteiger partial charge >= 0.3 is 5.97 Å². The molecule has 1 fully saturated rings. The second-order valence-corrected chi connectivity index (χ2v) is 6.40. The third-order valence-electron chi connectivity index (χ3n) is 4.63. The summed E-state index contributed by atoms with van der Waals surface area (Å²) in [5, 5.41) is 0. The molecule has 1 aliphatic heterocycles. The zero-order chi connectivity index (χ0) is 16.1. The highest BCUT2D eigenvalue weighted by Crippen LogP contribution is 2.22. The van der Waals surface area contributed by atoms with Crippen LogP contribution in [0, 0.1) is 11.8 Å². The van der Waals surface area contributed by atoms with Crippen molar-refractivity contribution in [2.24, 2.45) is 11.8 Å². The van der Waals surface area contributed by atoms with Gasteiger partial charge < -0.3 is 9.64 Å². The number of ether oxygens (including phenoxy) is 1. The number of esters is 1. The molecule has 0 spiro atoms. The first-order valence-corrected chi connectivity index (χ1v) is 8.40. The molecule has 1 aromatic rings. The second kappa shape index (κ2) is 7.44. The summed E-state index contributed by atoms with van der Waals surface area (Å²) >= 11 is 0. The third-order valence-corrected chi connectivity index (χ3v) is 4.63. The van der Waals surface area contributed by atoms with Gasteiger partial charge in [0.2, 0.25) is 0 Å². The highest BCUT2D eigenvalue weighted by Gasteiger charge is 2.27. The lowest BCUT2D eigenvalue weighted by Crippen LogP contribution is -2.41. The Balaban J connectivity index is 1.50. The molecule has 0 N–H and O–H groups in total. The van der Waals surface area contributed by atoms with Gasteiger partial charge in [0.05, 0.1) is 12.5 Å². The van der Waals surface area contributed by atoms with Crippen LogP contribution in [0.15, 0.2) is 42.5 Å². The molecule has 3 rings (SSSR count). The third kappa shape index (κ3) is 4.01. The van der Waals surface area contributed by atoms with E-state index in [0.717, 1.165) is 37.8 Å². The molecule has 4 nitrogen and oxygen atoms in total. The molecule has 0 aromatic heterocycles. The Bertz CT molecular complexity index is 574. The maximum Gasteiger partial charge on any atom is 0.309 e. The summed E-state index contributed by atoms with van der Waals surface area (Å²) in [6, 6.07) is 9.36. The summed E-state index contributed by atoms with van der Waals surface area (Å²) in [7, 11) is 0. The van der Waals surface area contributed by atoms with Gasteiger partial charge in [-0.15, -0.1) is 0 Å². The molecule has 1 saturated heterocycles. The first-order valence-electron chi connectivity index (χ1n) is 8.40. The fraction of sp³-hybridized carbons (Fsp3) is 0.474. The van der Waals surface area contributed by atoms with Gasteiger partial charge in [-0.2, -0.15) is 0 Å². The van der Waals surface area contributed by atoms with E-state index in [-0.39, 0.29) is 23.7 Å². The molecule has 1 atom stereocenters. The van der Waals surface area contributed by atoms with Crippen molar-refractivity contribution in [1.29, 1.82) is 0 Å². The molecule has 0 radical (unpaired) electrons. The minimum Gasteiger partial charge on any atom is -0.465 e. The molecular formula is C19H23NO3. The number of nitrogens with zero attached hydrogens (tertiary/aromatic N) is 1. The van der Waals surface area contributed by atoms with Gasteiger partial charge in [0, 0.05) is 24.6 Å². The van der Waals surface area contributed by atoms with E-state index < -0.39 is 0 Å². The van der Waals surface area contributed by atoms with E-state index in [0.29, 0.717) is 13.2 Å². The lowest BCUT2D eigenvalue weighted by molar-refractivity contribution is -0.149. The van der Waals surface area contributed by atoms with Gasteiger partial charge in [-0.05, 0) is 37.8 Å². The SMILES string of the molecule is O=C(OC[C@H]1CCCN(C(=O)c2ccccc2)C1)C1CC=CC1. The lowest BCUT2D eigenvalue weighted by Gasteiger charge is -2.32. The van der Waals surface area contributed by atoms with Crippen LogP contribution in [0.2, 0.25) is 0 Å². The fourth-order valence-electron chi connectivity index (χ4n) is 3.28. The van der Waals surface area contributed by atoms with Gasteiger partial charge in [-0.25, -0.2) is 0 Å². The molecule has 2 aliphatic rings. The van der Waals surface area contributed by atoms with Crippen molar-refractivity contribution in [3.05, 3.63) is 48.0 Å². The number of benzene rings is 1. The molecule has 1 aliphatic carbocycles. The first kappa shape index (κ1) is 15.8. The molecule has 4 heteroatoms. The molecule has 1 heterocycles. The number of likely N-dealkylation sites (tertiary alicyclic amines) is 1. The van der Waals surface area contributed by atoms with Gasteiger partial charge in [0.1, 0.15) is 0 Å². The minimum atomic E-state index is -0.0958. The average Bonchev–Trinajstić information content (AvgIpc) is 3.15. The quantitative estimate of drug-likeness (QED) is 0.634. The summed E-state index contributed by atoms with van der Waals surface area (Å²) in [4.78, 5) is 26.4. The Morgan fingerprint density at radius 2 is 1.87 bits per heavy atom. The van der Waals surface area contributed by atoms with E-state index in [1.807, 2.05) is 47.4 Å². The Morgan fingerprint density at radius 1 is 1.13 bits per heavy atom. The number of hydrogen-bond acceptors (Lipinski definition) is 3. The van der Waals surface area contributed by atoms with Gasteiger partial charge in [-0.1, -0.05) is 30.4 Å². The van der Waals surface area contributed by atoms with Crippen LogP contribution in [-0.4, -0.2) is 36.5 Å². The highest BCUT2D eigenvalue weighted by molar-refractivity contribution is 5.94. The molecule has 0 bridgehead atoms. The summed E-state index contributed by atoms with van der Waals surface area (Å²) in [6.07, 6.45) is 7.63. The van der Waals surface area contributed by atoms with E-state index in [9.17, 15) is 9.59 Å². The summed E-state index contributed by atoms with van der Waals surface area (Å²) in [6.45, 7) is 1.88. The van der Waals surface area contributed by atoms with Crippen LogP contribution in [0.1, 0.15) is 36.0 Å². The molecule has 23 heavy (non-hydrogen) atoms. The van der Waals surface area contributed by atoms with Crippen LogP contribution in [0.5, 0.6) is 0 Å². The minimum absolute atomic E-state index is 0.000597. The summed E-state index contributed by atoms with van der Waals surface area (Å²) in [5.41, 5.74) is 0.724. The second-order valence-electron chi connectivity index (χ2n) is 6.40. The zero-order valence-electron chi connectivity index (χ0n) is 13.3. The van der Waals surface area contributed by atoms with Gasteiger partial charge in [0.25, 0.3) is 5.91 Å². The number of amides is 1. The van der Waals surface area contributed by atoms with Crippen LogP contribution < -0.4 is 0 Å². The maximum absolute atomic E-state index is 12.5. The molecular weight excluding hydrogens is 290 g/mol. The Kier molecular flexibility index (Phi) is 5.11. The van der Waals surface area contributed by atoms with Crippen molar-refractivity contribution in [2.45, 2.75) is 25.7 Å². The molecule has 1 aromatic carbocycles.